The van der Waals surface area contributed by atoms with Gasteiger partial charge in [-0.2, -0.15) is 5.10 Å². The van der Waals surface area contributed by atoms with Gasteiger partial charge >= 0.3 is 0 Å². The van der Waals surface area contributed by atoms with Gasteiger partial charge in [0.25, 0.3) is 0 Å². The van der Waals surface area contributed by atoms with E-state index in [4.69, 9.17) is 0 Å². The predicted molar refractivity (Wildman–Crippen MR) is 78.9 cm³/mol. The number of aldehydes is 1. The molecule has 0 bridgehead atoms. The van der Waals surface area contributed by atoms with Gasteiger partial charge in [0.05, 0.1) is 11.3 Å². The lowest BCUT2D eigenvalue weighted by Gasteiger charge is -2.28. The van der Waals surface area contributed by atoms with E-state index in [1.807, 2.05) is 18.7 Å². The van der Waals surface area contributed by atoms with Crippen molar-refractivity contribution in [3.05, 3.63) is 11.3 Å². The van der Waals surface area contributed by atoms with Crippen LogP contribution in [0.15, 0.2) is 0 Å². The highest BCUT2D eigenvalue weighted by Crippen LogP contribution is 2.22. The number of nitrogens with zero attached hydrogens (tertiary/aromatic N) is 4. The van der Waals surface area contributed by atoms with Crippen molar-refractivity contribution in [1.82, 2.24) is 14.7 Å². The second kappa shape index (κ2) is 6.70. The quantitative estimate of drug-likeness (QED) is 0.702. The molecule has 0 radical (unpaired) electrons. The molecule has 0 aromatic carbocycles. The van der Waals surface area contributed by atoms with Crippen LogP contribution >= 0.6 is 0 Å². The second-order valence-electron chi connectivity index (χ2n) is 5.71. The summed E-state index contributed by atoms with van der Waals surface area (Å²) in [6.07, 6.45) is 0.917. The maximum Gasteiger partial charge on any atom is 0.155 e. The highest BCUT2D eigenvalue weighted by atomic mass is 16.1. The Morgan fingerprint density at radius 1 is 1.32 bits per heavy atom. The Kier molecular flexibility index (Phi) is 5.54. The minimum absolute atomic E-state index is 0.539. The van der Waals surface area contributed by atoms with Crippen LogP contribution in [-0.2, 0) is 7.05 Å². The van der Waals surface area contributed by atoms with Gasteiger partial charge in [-0.25, -0.2) is 0 Å². The lowest BCUT2D eigenvalue weighted by Crippen LogP contribution is -2.36. The number of hydrogen-bond donors (Lipinski definition) is 0. The zero-order valence-electron chi connectivity index (χ0n) is 13.0. The first-order valence-electron chi connectivity index (χ1n) is 6.75. The van der Waals surface area contributed by atoms with E-state index in [-0.39, 0.29) is 0 Å². The van der Waals surface area contributed by atoms with Gasteiger partial charge in [-0.15, -0.1) is 0 Å². The first kappa shape index (κ1) is 15.7. The van der Waals surface area contributed by atoms with Gasteiger partial charge in [0.15, 0.2) is 6.29 Å². The van der Waals surface area contributed by atoms with Crippen LogP contribution in [0.3, 0.4) is 0 Å². The van der Waals surface area contributed by atoms with Crippen molar-refractivity contribution in [1.29, 1.82) is 0 Å². The van der Waals surface area contributed by atoms with E-state index in [0.717, 1.165) is 37.4 Å². The van der Waals surface area contributed by atoms with Crippen molar-refractivity contribution in [3.8, 4) is 0 Å². The topological polar surface area (TPSA) is 41.4 Å². The maximum atomic E-state index is 11.3. The smallest absolute Gasteiger partial charge is 0.155 e. The Labute approximate surface area is 116 Å². The molecule has 0 fully saturated rings. The minimum atomic E-state index is 0.539. The molecule has 108 valence electrons. The summed E-state index contributed by atoms with van der Waals surface area (Å²) in [6.45, 7) is 9.03. The van der Waals surface area contributed by atoms with Crippen LogP contribution in [0.2, 0.25) is 0 Å². The van der Waals surface area contributed by atoms with Crippen LogP contribution in [0.5, 0.6) is 0 Å². The van der Waals surface area contributed by atoms with Gasteiger partial charge in [-0.1, -0.05) is 13.8 Å². The molecule has 0 N–H and O–H groups in total. The number of hydrogen-bond acceptors (Lipinski definition) is 4. The normalized spacial score (nSPS) is 11.4. The lowest BCUT2D eigenvalue weighted by atomic mass is 10.2. The van der Waals surface area contributed by atoms with Crippen molar-refractivity contribution >= 4 is 12.1 Å². The highest BCUT2D eigenvalue weighted by molar-refractivity contribution is 5.84. The molecule has 0 aliphatic carbocycles. The third-order valence-electron chi connectivity index (χ3n) is 3.06. The van der Waals surface area contributed by atoms with Crippen molar-refractivity contribution in [2.24, 2.45) is 13.0 Å². The summed E-state index contributed by atoms with van der Waals surface area (Å²) in [5.41, 5.74) is 1.51. The average molecular weight is 266 g/mol. The molecule has 19 heavy (non-hydrogen) atoms. The van der Waals surface area contributed by atoms with Gasteiger partial charge in [0.1, 0.15) is 5.82 Å². The molecule has 0 aliphatic rings. The van der Waals surface area contributed by atoms with E-state index in [1.165, 1.54) is 0 Å². The second-order valence-corrected chi connectivity index (χ2v) is 5.71. The zero-order valence-corrected chi connectivity index (χ0v) is 13.0. The van der Waals surface area contributed by atoms with Crippen LogP contribution in [-0.4, -0.2) is 54.7 Å². The highest BCUT2D eigenvalue weighted by Gasteiger charge is 2.19. The number of aryl methyl sites for hydroxylation is 2. The van der Waals surface area contributed by atoms with E-state index in [1.54, 1.807) is 0 Å². The number of rotatable bonds is 7. The molecule has 0 saturated heterocycles. The Morgan fingerprint density at radius 2 is 1.95 bits per heavy atom. The third kappa shape index (κ3) is 4.06. The van der Waals surface area contributed by atoms with Crippen molar-refractivity contribution < 1.29 is 4.79 Å². The minimum Gasteiger partial charge on any atom is -0.355 e. The summed E-state index contributed by atoms with van der Waals surface area (Å²) in [6, 6.07) is 0. The molecule has 0 spiro atoms. The molecule has 0 aliphatic heterocycles. The molecule has 1 aromatic rings. The van der Waals surface area contributed by atoms with E-state index >= 15 is 0 Å². The van der Waals surface area contributed by atoms with Crippen LogP contribution < -0.4 is 4.90 Å². The zero-order chi connectivity index (χ0) is 14.6. The molecular formula is C14H26N4O. The molecule has 0 atom stereocenters. The summed E-state index contributed by atoms with van der Waals surface area (Å²) in [4.78, 5) is 15.7. The van der Waals surface area contributed by atoms with Crippen LogP contribution in [0.1, 0.15) is 29.9 Å². The monoisotopic (exact) mass is 266 g/mol. The number of anilines is 1. The first-order chi connectivity index (χ1) is 8.86. The fraction of sp³-hybridized carbons (Fsp3) is 0.714. The van der Waals surface area contributed by atoms with Gasteiger partial charge < -0.3 is 9.80 Å². The van der Waals surface area contributed by atoms with Crippen LogP contribution in [0, 0.1) is 12.8 Å². The molecule has 5 nitrogen and oxygen atoms in total. The number of likely N-dealkylation sites (N-methyl/N-ethyl adjacent to an activating group) is 1. The van der Waals surface area contributed by atoms with Crippen molar-refractivity contribution in [2.75, 3.05) is 38.6 Å². The summed E-state index contributed by atoms with van der Waals surface area (Å²) in [5, 5.41) is 4.37. The molecule has 1 heterocycles. The Balaban J connectivity index is 3.05. The van der Waals surface area contributed by atoms with E-state index in [9.17, 15) is 4.79 Å². The maximum absolute atomic E-state index is 11.3. The largest absolute Gasteiger partial charge is 0.355 e. The van der Waals surface area contributed by atoms with Crippen molar-refractivity contribution in [3.63, 3.8) is 0 Å². The molecule has 0 amide bonds. The summed E-state index contributed by atoms with van der Waals surface area (Å²) in [7, 11) is 6.02. The molecule has 0 saturated carbocycles. The fourth-order valence-electron chi connectivity index (χ4n) is 2.22. The number of carbonyl (C=O) groups is 1. The molecule has 1 aromatic heterocycles. The molecule has 5 heteroatoms. The van der Waals surface area contributed by atoms with E-state index in [2.05, 4.69) is 42.8 Å². The number of carbonyl (C=O) groups excluding carboxylic acids is 1. The standard InChI is InChI=1S/C14H26N4O/c1-11(2)9-18(8-7-16(4)5)14-13(10-19)12(3)15-17(14)6/h10-11H,7-9H2,1-6H3. The van der Waals surface area contributed by atoms with Crippen molar-refractivity contribution in [2.45, 2.75) is 20.8 Å². The third-order valence-corrected chi connectivity index (χ3v) is 3.06. The molecule has 1 rings (SSSR count). The Bertz CT molecular complexity index is 423. The van der Waals surface area contributed by atoms with E-state index in [0.29, 0.717) is 11.5 Å². The summed E-state index contributed by atoms with van der Waals surface area (Å²) >= 11 is 0. The van der Waals surface area contributed by atoms with Gasteiger partial charge in [0.2, 0.25) is 0 Å². The van der Waals surface area contributed by atoms with Gasteiger partial charge in [-0.3, -0.25) is 9.48 Å². The molecule has 0 unspecified atom stereocenters. The first-order valence-corrected chi connectivity index (χ1v) is 6.75. The summed E-state index contributed by atoms with van der Waals surface area (Å²) in [5.74, 6) is 1.47. The fourth-order valence-corrected chi connectivity index (χ4v) is 2.22. The van der Waals surface area contributed by atoms with Crippen LogP contribution in [0.25, 0.3) is 0 Å². The SMILES string of the molecule is Cc1nn(C)c(N(CCN(C)C)CC(C)C)c1C=O. The van der Waals surface area contributed by atoms with Crippen LogP contribution in [0.4, 0.5) is 5.82 Å². The Hall–Kier alpha value is -1.36. The molecular weight excluding hydrogens is 240 g/mol. The Morgan fingerprint density at radius 3 is 2.42 bits per heavy atom. The van der Waals surface area contributed by atoms with E-state index < -0.39 is 0 Å². The predicted octanol–water partition coefficient (Wildman–Crippen LogP) is 1.57. The average Bonchev–Trinajstić information content (AvgIpc) is 2.58. The van der Waals surface area contributed by atoms with Gasteiger partial charge in [0, 0.05) is 26.7 Å². The lowest BCUT2D eigenvalue weighted by molar-refractivity contribution is 0.112. The van der Waals surface area contributed by atoms with Gasteiger partial charge in [-0.05, 0) is 26.9 Å². The summed E-state index contributed by atoms with van der Waals surface area (Å²) < 4.78 is 1.82. The number of aromatic nitrogens is 2.